The van der Waals surface area contributed by atoms with Crippen molar-refractivity contribution in [3.63, 3.8) is 0 Å². The maximum Gasteiger partial charge on any atom is 0.253 e. The minimum absolute atomic E-state index is 0.0602. The molecule has 0 aliphatic carbocycles. The summed E-state index contributed by atoms with van der Waals surface area (Å²) in [4.78, 5) is 37.5. The number of carbonyl (C=O) groups is 2. The highest BCUT2D eigenvalue weighted by atomic mass is 35.5. The SMILES string of the molecule is CC[C@@H](CN1CC(C)(C)OC[C@H]1C(=O)Cc1cc(Cl)cc2c1NC1C=NC=CC21)NC(=O)c1cccnc1C. The predicted octanol–water partition coefficient (Wildman–Crippen LogP) is 4.32. The van der Waals surface area contributed by atoms with Gasteiger partial charge in [-0.2, -0.15) is 0 Å². The lowest BCUT2D eigenvalue weighted by atomic mass is 9.91. The van der Waals surface area contributed by atoms with E-state index < -0.39 is 11.6 Å². The summed E-state index contributed by atoms with van der Waals surface area (Å²) < 4.78 is 6.12. The molecule has 206 valence electrons. The molecule has 3 aliphatic heterocycles. The van der Waals surface area contributed by atoms with Gasteiger partial charge >= 0.3 is 0 Å². The fraction of sp³-hybridized carbons (Fsp3) is 0.467. The molecule has 0 spiro atoms. The van der Waals surface area contributed by atoms with Gasteiger partial charge in [0.25, 0.3) is 5.91 Å². The van der Waals surface area contributed by atoms with E-state index in [1.54, 1.807) is 24.5 Å². The van der Waals surface area contributed by atoms with Crippen LogP contribution in [0.4, 0.5) is 5.69 Å². The maximum atomic E-state index is 13.8. The Labute approximate surface area is 234 Å². The van der Waals surface area contributed by atoms with E-state index in [1.807, 2.05) is 46.0 Å². The van der Waals surface area contributed by atoms with Gasteiger partial charge < -0.3 is 15.4 Å². The number of hydrogen-bond donors (Lipinski definition) is 2. The van der Waals surface area contributed by atoms with Gasteiger partial charge in [-0.1, -0.05) is 24.6 Å². The zero-order valence-corrected chi connectivity index (χ0v) is 23.7. The van der Waals surface area contributed by atoms with Gasteiger partial charge in [0.15, 0.2) is 5.78 Å². The number of benzene rings is 1. The van der Waals surface area contributed by atoms with Gasteiger partial charge in [0.2, 0.25) is 0 Å². The monoisotopic (exact) mass is 549 g/mol. The van der Waals surface area contributed by atoms with Crippen molar-refractivity contribution in [3.8, 4) is 0 Å². The lowest BCUT2D eigenvalue weighted by molar-refractivity contribution is -0.145. The number of fused-ring (bicyclic) bond motifs is 3. The summed E-state index contributed by atoms with van der Waals surface area (Å²) in [5.41, 5.74) is 3.79. The third-order valence-corrected chi connectivity index (χ3v) is 8.04. The molecule has 39 heavy (non-hydrogen) atoms. The van der Waals surface area contributed by atoms with Crippen molar-refractivity contribution in [2.75, 3.05) is 25.0 Å². The molecule has 2 aromatic rings. The molecule has 1 aromatic heterocycles. The zero-order chi connectivity index (χ0) is 27.7. The van der Waals surface area contributed by atoms with Gasteiger partial charge in [-0.25, -0.2) is 0 Å². The average molecular weight is 550 g/mol. The van der Waals surface area contributed by atoms with Crippen molar-refractivity contribution in [2.24, 2.45) is 4.99 Å². The Morgan fingerprint density at radius 3 is 2.92 bits per heavy atom. The van der Waals surface area contributed by atoms with Crippen LogP contribution in [0.2, 0.25) is 5.02 Å². The van der Waals surface area contributed by atoms with E-state index in [0.717, 1.165) is 23.2 Å². The number of morpholine rings is 1. The van der Waals surface area contributed by atoms with Crippen LogP contribution in [0, 0.1) is 6.92 Å². The number of carbonyl (C=O) groups excluding carboxylic acids is 2. The van der Waals surface area contributed by atoms with Crippen LogP contribution in [0.1, 0.15) is 60.3 Å². The Bertz CT molecular complexity index is 1320. The van der Waals surface area contributed by atoms with Gasteiger partial charge in [0.05, 0.1) is 29.9 Å². The van der Waals surface area contributed by atoms with Gasteiger partial charge in [0, 0.05) is 66.5 Å². The smallest absolute Gasteiger partial charge is 0.253 e. The molecular weight excluding hydrogens is 514 g/mol. The number of aryl methyl sites for hydroxylation is 1. The number of ether oxygens (including phenoxy) is 1. The van der Waals surface area contributed by atoms with E-state index in [4.69, 9.17) is 16.3 Å². The van der Waals surface area contributed by atoms with Crippen molar-refractivity contribution in [1.82, 2.24) is 15.2 Å². The van der Waals surface area contributed by atoms with Crippen LogP contribution >= 0.6 is 11.6 Å². The Balaban J connectivity index is 1.33. The first-order valence-corrected chi connectivity index (χ1v) is 13.9. The lowest BCUT2D eigenvalue weighted by Gasteiger charge is -2.44. The number of aromatic nitrogens is 1. The number of nitrogens with zero attached hydrogens (tertiary/aromatic N) is 3. The normalized spacial score (nSPS) is 24.0. The Morgan fingerprint density at radius 2 is 2.15 bits per heavy atom. The van der Waals surface area contributed by atoms with E-state index in [1.165, 1.54) is 0 Å². The number of ketones is 1. The molecule has 0 radical (unpaired) electrons. The summed E-state index contributed by atoms with van der Waals surface area (Å²) >= 11 is 6.52. The zero-order valence-electron chi connectivity index (χ0n) is 22.9. The minimum Gasteiger partial charge on any atom is -0.376 e. The summed E-state index contributed by atoms with van der Waals surface area (Å²) in [5.74, 6) is 0.0698. The highest BCUT2D eigenvalue weighted by Crippen LogP contribution is 2.42. The molecule has 1 saturated heterocycles. The third kappa shape index (κ3) is 5.93. The van der Waals surface area contributed by atoms with Crippen LogP contribution in [0.5, 0.6) is 0 Å². The van der Waals surface area contributed by atoms with Crippen LogP contribution in [0.25, 0.3) is 0 Å². The van der Waals surface area contributed by atoms with Gasteiger partial charge in [-0.3, -0.25) is 24.5 Å². The number of hydrogen-bond acceptors (Lipinski definition) is 7. The van der Waals surface area contributed by atoms with Crippen molar-refractivity contribution in [3.05, 3.63) is 70.1 Å². The Kier molecular flexibility index (Phi) is 7.89. The van der Waals surface area contributed by atoms with Crippen molar-refractivity contribution in [1.29, 1.82) is 0 Å². The molecule has 3 aliphatic rings. The third-order valence-electron chi connectivity index (χ3n) is 7.83. The highest BCUT2D eigenvalue weighted by molar-refractivity contribution is 6.31. The second-order valence-corrected chi connectivity index (χ2v) is 11.7. The molecule has 2 unspecified atom stereocenters. The number of aliphatic imine (C=N–C) groups is 1. The summed E-state index contributed by atoms with van der Waals surface area (Å²) in [7, 11) is 0. The molecule has 0 saturated carbocycles. The number of amides is 1. The molecule has 1 fully saturated rings. The van der Waals surface area contributed by atoms with Gasteiger partial charge in [0.1, 0.15) is 0 Å². The van der Waals surface area contributed by atoms with E-state index in [9.17, 15) is 9.59 Å². The number of nitrogens with one attached hydrogen (secondary N) is 2. The molecule has 0 bridgehead atoms. The van der Waals surface area contributed by atoms with Gasteiger partial charge in [-0.15, -0.1) is 0 Å². The van der Waals surface area contributed by atoms with Crippen molar-refractivity contribution < 1.29 is 14.3 Å². The minimum atomic E-state index is -0.427. The van der Waals surface area contributed by atoms with Crippen molar-refractivity contribution >= 4 is 35.2 Å². The summed E-state index contributed by atoms with van der Waals surface area (Å²) in [5, 5.41) is 7.32. The number of halogens is 1. The lowest BCUT2D eigenvalue weighted by Crippen LogP contribution is -2.60. The topological polar surface area (TPSA) is 95.9 Å². The number of anilines is 1. The Morgan fingerprint density at radius 1 is 1.33 bits per heavy atom. The first kappa shape index (κ1) is 27.5. The summed E-state index contributed by atoms with van der Waals surface area (Å²) in [6, 6.07) is 6.91. The van der Waals surface area contributed by atoms with E-state index in [0.29, 0.717) is 36.0 Å². The molecular formula is C30H36ClN5O3. The van der Waals surface area contributed by atoms with Crippen LogP contribution < -0.4 is 10.6 Å². The standard InChI is InChI=1S/C30H36ClN5O3/c1-5-21(34-29(38)22-7-6-9-33-18(22)2)15-36-17-30(3,4)39-16-26(36)27(37)12-19-11-20(31)13-24-23-8-10-32-14-25(23)35-28(19)24/h6-11,13-14,21,23,25-26,35H,5,12,15-17H2,1-4H3,(H,34,38)/t21-,23?,25?,26-/m0/s1. The van der Waals surface area contributed by atoms with E-state index >= 15 is 0 Å². The first-order chi connectivity index (χ1) is 18.6. The fourth-order valence-corrected chi connectivity index (χ4v) is 6.00. The molecule has 5 rings (SSSR count). The van der Waals surface area contributed by atoms with E-state index in [-0.39, 0.29) is 36.1 Å². The van der Waals surface area contributed by atoms with Crippen LogP contribution in [0.3, 0.4) is 0 Å². The largest absolute Gasteiger partial charge is 0.376 e. The second kappa shape index (κ2) is 11.2. The number of pyridine rings is 1. The average Bonchev–Trinajstić information content (AvgIpc) is 3.26. The Hall–Kier alpha value is -3.07. The van der Waals surface area contributed by atoms with Crippen LogP contribution in [0.15, 0.2) is 47.7 Å². The van der Waals surface area contributed by atoms with Crippen molar-refractivity contribution in [2.45, 2.75) is 70.2 Å². The molecule has 1 aromatic carbocycles. The summed E-state index contributed by atoms with van der Waals surface area (Å²) in [6.07, 6.45) is 8.41. The highest BCUT2D eigenvalue weighted by Gasteiger charge is 2.39. The number of rotatable bonds is 8. The predicted molar refractivity (Wildman–Crippen MR) is 154 cm³/mol. The summed E-state index contributed by atoms with van der Waals surface area (Å²) in [6.45, 7) is 9.36. The van der Waals surface area contributed by atoms with Crippen LogP contribution in [-0.4, -0.2) is 71.2 Å². The maximum absolute atomic E-state index is 13.8. The first-order valence-electron chi connectivity index (χ1n) is 13.6. The second-order valence-electron chi connectivity index (χ2n) is 11.2. The number of Topliss-reactive ketones (excluding diaryl/α,β-unsaturated/α-hetero) is 1. The fourth-order valence-electron chi connectivity index (χ4n) is 5.75. The van der Waals surface area contributed by atoms with Crippen LogP contribution in [-0.2, 0) is 16.0 Å². The molecule has 9 heteroatoms. The molecule has 2 N–H and O–H groups in total. The van der Waals surface area contributed by atoms with Gasteiger partial charge in [-0.05, 0) is 62.6 Å². The van der Waals surface area contributed by atoms with E-state index in [2.05, 4.69) is 31.6 Å². The molecule has 4 atom stereocenters. The quantitative estimate of drug-likeness (QED) is 0.509. The molecule has 8 nitrogen and oxygen atoms in total. The molecule has 1 amide bonds. The molecule has 4 heterocycles.